The van der Waals surface area contributed by atoms with Crippen molar-refractivity contribution in [2.45, 2.75) is 26.7 Å². The molecule has 0 saturated heterocycles. The lowest BCUT2D eigenvalue weighted by Crippen LogP contribution is -2.19. The molecule has 17 heavy (non-hydrogen) atoms. The summed E-state index contributed by atoms with van der Waals surface area (Å²) in [5.41, 5.74) is 0. The minimum absolute atomic E-state index is 0.266. The number of hydrogen-bond acceptors (Lipinski definition) is 2. The Labute approximate surface area is 103 Å². The van der Waals surface area contributed by atoms with Crippen LogP contribution in [0.4, 0.5) is 0 Å². The summed E-state index contributed by atoms with van der Waals surface area (Å²) in [5, 5.41) is 0. The first-order chi connectivity index (χ1) is 8.13. The predicted molar refractivity (Wildman–Crippen MR) is 70.7 cm³/mol. The summed E-state index contributed by atoms with van der Waals surface area (Å²) in [6.07, 6.45) is 3.17. The van der Waals surface area contributed by atoms with E-state index in [1.165, 1.54) is 6.92 Å². The third-order valence-corrected chi connectivity index (χ3v) is 2.23. The van der Waals surface area contributed by atoms with E-state index in [0.29, 0.717) is 0 Å². The zero-order valence-electron chi connectivity index (χ0n) is 10.6. The van der Waals surface area contributed by atoms with E-state index in [4.69, 9.17) is 0 Å². The third kappa shape index (κ3) is 7.23. The Kier molecular flexibility index (Phi) is 8.57. The topological polar surface area (TPSA) is 34.1 Å². The van der Waals surface area contributed by atoms with Gasteiger partial charge in [0.15, 0.2) is 5.78 Å². The van der Waals surface area contributed by atoms with Crippen LogP contribution in [0, 0.1) is 5.92 Å². The Hall–Kier alpha value is -1.70. The van der Waals surface area contributed by atoms with E-state index >= 15 is 0 Å². The van der Waals surface area contributed by atoms with Crippen molar-refractivity contribution in [3.8, 4) is 0 Å². The van der Waals surface area contributed by atoms with Crippen LogP contribution in [-0.2, 0) is 9.59 Å². The van der Waals surface area contributed by atoms with E-state index < -0.39 is 0 Å². The summed E-state index contributed by atoms with van der Waals surface area (Å²) in [7, 11) is 0. The molecule has 0 bridgehead atoms. The summed E-state index contributed by atoms with van der Waals surface area (Å²) in [6, 6.07) is 12.0. The van der Waals surface area contributed by atoms with E-state index in [0.717, 1.165) is 12.8 Å². The average molecular weight is 232 g/mol. The number of carbonyl (C=O) groups excluding carboxylic acids is 2. The van der Waals surface area contributed by atoms with Gasteiger partial charge in [0.2, 0.25) is 5.78 Å². The fraction of sp³-hybridized carbons (Fsp3) is 0.333. The lowest BCUT2D eigenvalue weighted by atomic mass is 9.97. The second-order valence-corrected chi connectivity index (χ2v) is 3.71. The molecule has 0 fully saturated rings. The summed E-state index contributed by atoms with van der Waals surface area (Å²) >= 11 is 0. The molecule has 0 aromatic heterocycles. The van der Waals surface area contributed by atoms with Crippen LogP contribution in [-0.4, -0.2) is 11.6 Å². The molecule has 1 aromatic rings. The van der Waals surface area contributed by atoms with Crippen LogP contribution in [0.25, 0.3) is 0 Å². The molecule has 0 spiro atoms. The zero-order valence-corrected chi connectivity index (χ0v) is 10.6. The van der Waals surface area contributed by atoms with Gasteiger partial charge in [0.05, 0.1) is 0 Å². The zero-order chi connectivity index (χ0) is 13.1. The molecule has 0 saturated carbocycles. The minimum Gasteiger partial charge on any atom is -0.291 e. The highest BCUT2D eigenvalue weighted by Crippen LogP contribution is 2.08. The van der Waals surface area contributed by atoms with Crippen molar-refractivity contribution in [1.82, 2.24) is 0 Å². The number of ketones is 2. The SMILES string of the molecule is C=C[C@H](CCC)C(=O)C(C)=O.c1ccccc1. The number of rotatable bonds is 5. The molecule has 0 unspecified atom stereocenters. The highest BCUT2D eigenvalue weighted by atomic mass is 16.2. The van der Waals surface area contributed by atoms with Gasteiger partial charge in [0.25, 0.3) is 0 Å². The van der Waals surface area contributed by atoms with Crippen LogP contribution in [0.2, 0.25) is 0 Å². The van der Waals surface area contributed by atoms with Gasteiger partial charge in [-0.3, -0.25) is 9.59 Å². The summed E-state index contributed by atoms with van der Waals surface area (Å²) < 4.78 is 0. The molecule has 0 N–H and O–H groups in total. The second-order valence-electron chi connectivity index (χ2n) is 3.71. The molecule has 0 amide bonds. The molecule has 0 aliphatic heterocycles. The molecular formula is C15H20O2. The van der Waals surface area contributed by atoms with Crippen molar-refractivity contribution in [2.75, 3.05) is 0 Å². The van der Waals surface area contributed by atoms with Gasteiger partial charge in [0.1, 0.15) is 0 Å². The number of carbonyl (C=O) groups is 2. The lowest BCUT2D eigenvalue weighted by Gasteiger charge is -2.05. The maximum atomic E-state index is 11.0. The van der Waals surface area contributed by atoms with E-state index in [-0.39, 0.29) is 17.5 Å². The Balaban J connectivity index is 0.000000354. The normalized spacial score (nSPS) is 10.7. The quantitative estimate of drug-likeness (QED) is 0.575. The monoisotopic (exact) mass is 232 g/mol. The molecule has 0 heterocycles. The van der Waals surface area contributed by atoms with Crippen molar-refractivity contribution in [1.29, 1.82) is 0 Å². The Morgan fingerprint density at radius 1 is 1.12 bits per heavy atom. The van der Waals surface area contributed by atoms with Crippen molar-refractivity contribution in [2.24, 2.45) is 5.92 Å². The van der Waals surface area contributed by atoms with Crippen molar-refractivity contribution < 1.29 is 9.59 Å². The Morgan fingerprint density at radius 3 is 1.76 bits per heavy atom. The smallest absolute Gasteiger partial charge is 0.204 e. The second kappa shape index (κ2) is 9.52. The molecule has 2 heteroatoms. The van der Waals surface area contributed by atoms with Gasteiger partial charge >= 0.3 is 0 Å². The fourth-order valence-electron chi connectivity index (χ4n) is 1.31. The fourth-order valence-corrected chi connectivity index (χ4v) is 1.31. The first-order valence-corrected chi connectivity index (χ1v) is 5.80. The van der Waals surface area contributed by atoms with Gasteiger partial charge in [-0.15, -0.1) is 6.58 Å². The molecule has 0 radical (unpaired) electrons. The molecular weight excluding hydrogens is 212 g/mol. The number of hydrogen-bond donors (Lipinski definition) is 0. The Bertz CT molecular complexity index is 314. The average Bonchev–Trinajstić information content (AvgIpc) is 2.38. The minimum atomic E-state index is -0.372. The van der Waals surface area contributed by atoms with Gasteiger partial charge in [-0.1, -0.05) is 55.8 Å². The summed E-state index contributed by atoms with van der Waals surface area (Å²) in [4.78, 5) is 21.7. The molecule has 0 aliphatic rings. The first kappa shape index (κ1) is 15.3. The number of benzene rings is 1. The lowest BCUT2D eigenvalue weighted by molar-refractivity contribution is -0.137. The van der Waals surface area contributed by atoms with Crippen LogP contribution >= 0.6 is 0 Å². The largest absolute Gasteiger partial charge is 0.291 e. The van der Waals surface area contributed by atoms with Gasteiger partial charge < -0.3 is 0 Å². The summed E-state index contributed by atoms with van der Waals surface area (Å²) in [5.74, 6) is -0.956. The van der Waals surface area contributed by atoms with E-state index in [2.05, 4.69) is 6.58 Å². The number of Topliss-reactive ketones (excluding diaryl/α,β-unsaturated/α-hetero) is 2. The number of allylic oxidation sites excluding steroid dienone is 1. The molecule has 92 valence electrons. The van der Waals surface area contributed by atoms with Crippen LogP contribution < -0.4 is 0 Å². The van der Waals surface area contributed by atoms with Crippen molar-refractivity contribution in [3.05, 3.63) is 49.1 Å². The van der Waals surface area contributed by atoms with Gasteiger partial charge in [-0.05, 0) is 6.42 Å². The van der Waals surface area contributed by atoms with Crippen LogP contribution in [0.3, 0.4) is 0 Å². The molecule has 1 atom stereocenters. The molecule has 1 aromatic carbocycles. The van der Waals surface area contributed by atoms with Gasteiger partial charge in [-0.25, -0.2) is 0 Å². The van der Waals surface area contributed by atoms with Crippen LogP contribution in [0.5, 0.6) is 0 Å². The summed E-state index contributed by atoms with van der Waals surface area (Å²) in [6.45, 7) is 6.79. The molecule has 2 nitrogen and oxygen atoms in total. The molecule has 1 rings (SSSR count). The van der Waals surface area contributed by atoms with E-state index in [9.17, 15) is 9.59 Å². The highest BCUT2D eigenvalue weighted by Gasteiger charge is 2.17. The van der Waals surface area contributed by atoms with Crippen LogP contribution in [0.1, 0.15) is 26.7 Å². The third-order valence-electron chi connectivity index (χ3n) is 2.23. The predicted octanol–water partition coefficient (Wildman–Crippen LogP) is 3.43. The van der Waals surface area contributed by atoms with Crippen molar-refractivity contribution >= 4 is 11.6 Å². The first-order valence-electron chi connectivity index (χ1n) is 5.80. The maximum absolute atomic E-state index is 11.0. The Morgan fingerprint density at radius 2 is 1.53 bits per heavy atom. The van der Waals surface area contributed by atoms with Crippen LogP contribution in [0.15, 0.2) is 49.1 Å². The van der Waals surface area contributed by atoms with Crippen molar-refractivity contribution in [3.63, 3.8) is 0 Å². The standard InChI is InChI=1S/C9H14O2.C6H6/c1-4-6-8(5-2)9(11)7(3)10;1-2-4-6-5-3-1/h5,8H,2,4,6H2,1,3H3;1-6H/t8-;/m1./s1. The van der Waals surface area contributed by atoms with E-state index in [1.807, 2.05) is 43.3 Å². The molecule has 0 aliphatic carbocycles. The van der Waals surface area contributed by atoms with Gasteiger partial charge in [0, 0.05) is 12.8 Å². The van der Waals surface area contributed by atoms with Gasteiger partial charge in [-0.2, -0.15) is 0 Å². The maximum Gasteiger partial charge on any atom is 0.204 e. The highest BCUT2D eigenvalue weighted by molar-refractivity contribution is 6.37. The van der Waals surface area contributed by atoms with E-state index in [1.54, 1.807) is 6.08 Å².